The number of H-pyrrole nitrogens is 1. The Labute approximate surface area is 194 Å². The zero-order valence-corrected chi connectivity index (χ0v) is 20.3. The van der Waals surface area contributed by atoms with Crippen LogP contribution in [-0.4, -0.2) is 34.5 Å². The first-order valence-corrected chi connectivity index (χ1v) is 10.8. The van der Waals surface area contributed by atoms with Gasteiger partial charge >= 0.3 is 0 Å². The number of phenols is 1. The molecule has 1 amide bonds. The molecule has 0 aliphatic rings. The molecule has 0 fully saturated rings. The highest BCUT2D eigenvalue weighted by atomic mass is 16.5. The van der Waals surface area contributed by atoms with Gasteiger partial charge in [-0.3, -0.25) is 9.89 Å². The summed E-state index contributed by atoms with van der Waals surface area (Å²) < 4.78 is 5.17. The van der Waals surface area contributed by atoms with Crippen molar-refractivity contribution in [1.29, 1.82) is 0 Å². The predicted molar refractivity (Wildman–Crippen MR) is 131 cm³/mol. The fourth-order valence-electron chi connectivity index (χ4n) is 3.45. The van der Waals surface area contributed by atoms with Crippen LogP contribution in [0.4, 0.5) is 0 Å². The molecule has 0 aliphatic carbocycles. The molecule has 174 valence electrons. The number of aromatic hydroxyl groups is 1. The smallest absolute Gasteiger partial charge is 0.289 e. The van der Waals surface area contributed by atoms with Gasteiger partial charge in [-0.25, -0.2) is 5.43 Å². The molecule has 3 rings (SSSR count). The van der Waals surface area contributed by atoms with Crippen LogP contribution in [0.2, 0.25) is 0 Å². The summed E-state index contributed by atoms with van der Waals surface area (Å²) in [7, 11) is 1.61. The first-order valence-electron chi connectivity index (χ1n) is 10.8. The van der Waals surface area contributed by atoms with Crippen molar-refractivity contribution in [3.63, 3.8) is 0 Å². The number of ether oxygens (including phenoxy) is 1. The van der Waals surface area contributed by atoms with Crippen molar-refractivity contribution in [1.82, 2.24) is 15.6 Å². The van der Waals surface area contributed by atoms with E-state index in [4.69, 9.17) is 4.74 Å². The Morgan fingerprint density at radius 1 is 1.03 bits per heavy atom. The van der Waals surface area contributed by atoms with Gasteiger partial charge in [0.1, 0.15) is 17.2 Å². The van der Waals surface area contributed by atoms with Crippen LogP contribution in [0, 0.1) is 0 Å². The maximum absolute atomic E-state index is 12.5. The molecule has 7 nitrogen and oxygen atoms in total. The largest absolute Gasteiger partial charge is 0.507 e. The highest BCUT2D eigenvalue weighted by Crippen LogP contribution is 2.39. The Morgan fingerprint density at radius 2 is 1.61 bits per heavy atom. The molecule has 0 bridgehead atoms. The number of rotatable bonds is 5. The number of nitrogens with one attached hydrogen (secondary N) is 2. The highest BCUT2D eigenvalue weighted by Gasteiger charge is 2.26. The first-order chi connectivity index (χ1) is 15.4. The lowest BCUT2D eigenvalue weighted by Gasteiger charge is -2.27. The van der Waals surface area contributed by atoms with E-state index in [1.807, 2.05) is 36.4 Å². The Bertz CT molecular complexity index is 1130. The second kappa shape index (κ2) is 9.10. The number of phenolic OH excluding ortho intramolecular Hbond substituents is 1. The number of hydrogen-bond donors (Lipinski definition) is 3. The van der Waals surface area contributed by atoms with Gasteiger partial charge in [0.15, 0.2) is 0 Å². The molecule has 3 N–H and O–H groups in total. The SMILES string of the molecule is COc1ccc(-c2cc(C(=O)N/N=C/c3cc(C(C)(C)C)c(O)c(C(C)(C)C)c3)[nH]n2)cc1. The van der Waals surface area contributed by atoms with Gasteiger partial charge < -0.3 is 9.84 Å². The number of carbonyl (C=O) groups is 1. The molecule has 33 heavy (non-hydrogen) atoms. The van der Waals surface area contributed by atoms with Crippen LogP contribution in [0.25, 0.3) is 11.3 Å². The molecular weight excluding hydrogens is 416 g/mol. The summed E-state index contributed by atoms with van der Waals surface area (Å²) in [5, 5.41) is 21.9. The highest BCUT2D eigenvalue weighted by molar-refractivity contribution is 5.94. The summed E-state index contributed by atoms with van der Waals surface area (Å²) >= 11 is 0. The van der Waals surface area contributed by atoms with E-state index < -0.39 is 5.91 Å². The molecule has 0 radical (unpaired) electrons. The third-order valence-corrected chi connectivity index (χ3v) is 5.34. The quantitative estimate of drug-likeness (QED) is 0.371. The molecule has 2 aromatic carbocycles. The van der Waals surface area contributed by atoms with E-state index in [9.17, 15) is 9.90 Å². The van der Waals surface area contributed by atoms with Gasteiger partial charge in [-0.1, -0.05) is 41.5 Å². The van der Waals surface area contributed by atoms with Gasteiger partial charge in [0.2, 0.25) is 0 Å². The summed E-state index contributed by atoms with van der Waals surface area (Å²) in [5.41, 5.74) is 6.33. The van der Waals surface area contributed by atoms with Crippen LogP contribution in [0.15, 0.2) is 47.6 Å². The van der Waals surface area contributed by atoms with E-state index in [1.165, 1.54) is 0 Å². The number of hydrogen-bond acceptors (Lipinski definition) is 5. The number of hydrazone groups is 1. The molecule has 0 saturated carbocycles. The van der Waals surface area contributed by atoms with E-state index in [1.54, 1.807) is 19.4 Å². The minimum Gasteiger partial charge on any atom is -0.507 e. The maximum atomic E-state index is 12.5. The molecule has 1 aromatic heterocycles. The van der Waals surface area contributed by atoms with E-state index in [-0.39, 0.29) is 10.8 Å². The molecule has 0 aliphatic heterocycles. The van der Waals surface area contributed by atoms with E-state index >= 15 is 0 Å². The third kappa shape index (κ3) is 5.61. The van der Waals surface area contributed by atoms with Crippen molar-refractivity contribution in [3.05, 3.63) is 64.8 Å². The zero-order chi connectivity index (χ0) is 24.4. The molecular formula is C26H32N4O3. The van der Waals surface area contributed by atoms with E-state index in [0.717, 1.165) is 28.0 Å². The number of methoxy groups -OCH3 is 1. The van der Waals surface area contributed by atoms with Gasteiger partial charge in [-0.2, -0.15) is 10.2 Å². The topological polar surface area (TPSA) is 99.6 Å². The van der Waals surface area contributed by atoms with E-state index in [2.05, 4.69) is 62.3 Å². The van der Waals surface area contributed by atoms with Crippen molar-refractivity contribution < 1.29 is 14.6 Å². The van der Waals surface area contributed by atoms with Crippen molar-refractivity contribution >= 4 is 12.1 Å². The summed E-state index contributed by atoms with van der Waals surface area (Å²) in [4.78, 5) is 12.5. The van der Waals surface area contributed by atoms with Gasteiger partial charge in [-0.15, -0.1) is 0 Å². The van der Waals surface area contributed by atoms with Crippen LogP contribution in [-0.2, 0) is 10.8 Å². The Balaban J connectivity index is 1.78. The summed E-state index contributed by atoms with van der Waals surface area (Å²) in [6, 6.07) is 12.9. The molecule has 7 heteroatoms. The Kier molecular flexibility index (Phi) is 6.63. The third-order valence-electron chi connectivity index (χ3n) is 5.34. The van der Waals surface area contributed by atoms with Gasteiger partial charge in [0, 0.05) is 16.7 Å². The van der Waals surface area contributed by atoms with Crippen LogP contribution in [0.3, 0.4) is 0 Å². The number of nitrogens with zero attached hydrogens (tertiary/aromatic N) is 2. The fourth-order valence-corrected chi connectivity index (χ4v) is 3.45. The van der Waals surface area contributed by atoms with Crippen LogP contribution in [0.5, 0.6) is 11.5 Å². The lowest BCUT2D eigenvalue weighted by molar-refractivity contribution is 0.0950. The molecule has 0 atom stereocenters. The zero-order valence-electron chi connectivity index (χ0n) is 20.3. The Morgan fingerprint density at radius 3 is 2.12 bits per heavy atom. The lowest BCUT2D eigenvalue weighted by Crippen LogP contribution is -2.19. The fraction of sp³-hybridized carbons (Fsp3) is 0.346. The summed E-state index contributed by atoms with van der Waals surface area (Å²) in [6.07, 6.45) is 1.59. The average Bonchev–Trinajstić information content (AvgIpc) is 3.23. The standard InChI is InChI=1S/C26H32N4O3/c1-25(2,3)19-12-16(13-20(23(19)31)26(4,5)6)15-27-30-24(32)22-14-21(28-29-22)17-8-10-18(33-7)11-9-17/h8-15,31H,1-7H3,(H,28,29)(H,30,32)/b27-15+. The minimum atomic E-state index is -0.399. The number of amides is 1. The molecule has 0 unspecified atom stereocenters. The van der Waals surface area contributed by atoms with Crippen molar-refractivity contribution in [3.8, 4) is 22.8 Å². The van der Waals surface area contributed by atoms with Gasteiger partial charge in [-0.05, 0) is 58.9 Å². The van der Waals surface area contributed by atoms with Crippen LogP contribution < -0.4 is 10.2 Å². The number of carbonyl (C=O) groups excluding carboxylic acids is 1. The molecule has 1 heterocycles. The predicted octanol–water partition coefficient (Wildman–Crippen LogP) is 5.15. The van der Waals surface area contributed by atoms with Gasteiger partial charge in [0.05, 0.1) is 19.0 Å². The second-order valence-electron chi connectivity index (χ2n) is 10.1. The molecule has 0 saturated heterocycles. The minimum absolute atomic E-state index is 0.245. The van der Waals surface area contributed by atoms with Crippen molar-refractivity contribution in [2.24, 2.45) is 5.10 Å². The first kappa shape index (κ1) is 24.0. The summed E-state index contributed by atoms with van der Waals surface area (Å²) in [5.74, 6) is 0.657. The summed E-state index contributed by atoms with van der Waals surface area (Å²) in [6.45, 7) is 12.3. The van der Waals surface area contributed by atoms with Crippen LogP contribution in [0.1, 0.15) is 68.7 Å². The Hall–Kier alpha value is -3.61. The van der Waals surface area contributed by atoms with Gasteiger partial charge in [0.25, 0.3) is 5.91 Å². The van der Waals surface area contributed by atoms with E-state index in [0.29, 0.717) is 17.1 Å². The molecule has 3 aromatic rings. The van der Waals surface area contributed by atoms with Crippen LogP contribution >= 0.6 is 0 Å². The second-order valence-corrected chi connectivity index (χ2v) is 10.1. The molecule has 0 spiro atoms. The number of benzene rings is 2. The van der Waals surface area contributed by atoms with Crippen molar-refractivity contribution in [2.75, 3.05) is 7.11 Å². The van der Waals surface area contributed by atoms with Crippen molar-refractivity contribution in [2.45, 2.75) is 52.4 Å². The lowest BCUT2D eigenvalue weighted by atomic mass is 9.78. The maximum Gasteiger partial charge on any atom is 0.289 e. The number of aromatic nitrogens is 2. The monoisotopic (exact) mass is 448 g/mol. The number of aromatic amines is 1. The normalized spacial score (nSPS) is 12.2. The average molecular weight is 449 g/mol.